The molecular weight excluding hydrogens is 306 g/mol. The fraction of sp³-hybridized carbons (Fsp3) is 0.333. The lowest BCUT2D eigenvalue weighted by molar-refractivity contribution is 0.0950. The molecule has 2 aromatic rings. The van der Waals surface area contributed by atoms with Crippen molar-refractivity contribution in [1.29, 1.82) is 0 Å². The normalized spacial score (nSPS) is 15.6. The van der Waals surface area contributed by atoms with Gasteiger partial charge in [0, 0.05) is 25.8 Å². The molecule has 6 nitrogen and oxygen atoms in total. The van der Waals surface area contributed by atoms with Crippen molar-refractivity contribution in [3.8, 4) is 11.5 Å². The zero-order valence-corrected chi connectivity index (χ0v) is 13.3. The summed E-state index contributed by atoms with van der Waals surface area (Å²) in [6, 6.07) is 7.58. The molecule has 0 unspecified atom stereocenters. The van der Waals surface area contributed by atoms with E-state index in [-0.39, 0.29) is 12.7 Å². The van der Waals surface area contributed by atoms with Crippen LogP contribution in [-0.4, -0.2) is 30.8 Å². The van der Waals surface area contributed by atoms with Gasteiger partial charge in [-0.3, -0.25) is 9.78 Å². The minimum Gasteiger partial charge on any atom is -0.454 e. The summed E-state index contributed by atoms with van der Waals surface area (Å²) in [7, 11) is 0. The molecule has 3 heterocycles. The summed E-state index contributed by atoms with van der Waals surface area (Å²) >= 11 is 0. The Bertz CT molecular complexity index is 757. The van der Waals surface area contributed by atoms with Gasteiger partial charge in [-0.15, -0.1) is 0 Å². The Balaban J connectivity index is 1.41. The number of nitrogens with zero attached hydrogens (tertiary/aromatic N) is 2. The molecule has 4 rings (SSSR count). The molecule has 24 heavy (non-hydrogen) atoms. The molecule has 6 heteroatoms. The van der Waals surface area contributed by atoms with Crippen LogP contribution in [0.1, 0.15) is 28.8 Å². The number of aromatic nitrogens is 1. The van der Waals surface area contributed by atoms with E-state index in [2.05, 4.69) is 15.2 Å². The summed E-state index contributed by atoms with van der Waals surface area (Å²) in [5, 5.41) is 2.93. The molecule has 1 amide bonds. The lowest BCUT2D eigenvalue weighted by Gasteiger charge is -2.17. The second kappa shape index (κ2) is 6.39. The van der Waals surface area contributed by atoms with E-state index in [1.54, 1.807) is 6.20 Å². The van der Waals surface area contributed by atoms with Gasteiger partial charge < -0.3 is 19.7 Å². The highest BCUT2D eigenvalue weighted by atomic mass is 16.7. The number of carbonyl (C=O) groups is 1. The van der Waals surface area contributed by atoms with E-state index in [9.17, 15) is 4.79 Å². The van der Waals surface area contributed by atoms with Gasteiger partial charge in [0.1, 0.15) is 0 Å². The van der Waals surface area contributed by atoms with Crippen molar-refractivity contribution >= 4 is 11.6 Å². The summed E-state index contributed by atoms with van der Waals surface area (Å²) in [6.07, 6.45) is 5.82. The fourth-order valence-corrected chi connectivity index (χ4v) is 3.04. The van der Waals surface area contributed by atoms with E-state index in [4.69, 9.17) is 9.47 Å². The third-order valence-corrected chi connectivity index (χ3v) is 4.35. The van der Waals surface area contributed by atoms with Crippen LogP contribution in [0.5, 0.6) is 11.5 Å². The van der Waals surface area contributed by atoms with Gasteiger partial charge in [-0.1, -0.05) is 6.07 Å². The number of fused-ring (bicyclic) bond motifs is 1. The van der Waals surface area contributed by atoms with Gasteiger partial charge in [-0.05, 0) is 36.6 Å². The molecule has 0 saturated carbocycles. The monoisotopic (exact) mass is 325 g/mol. The van der Waals surface area contributed by atoms with E-state index in [1.165, 1.54) is 12.8 Å². The number of hydrogen-bond acceptors (Lipinski definition) is 5. The van der Waals surface area contributed by atoms with Crippen LogP contribution in [0.15, 0.2) is 36.7 Å². The van der Waals surface area contributed by atoms with E-state index in [0.29, 0.717) is 12.1 Å². The molecule has 1 aromatic carbocycles. The summed E-state index contributed by atoms with van der Waals surface area (Å²) in [5.41, 5.74) is 2.57. The Morgan fingerprint density at radius 3 is 2.83 bits per heavy atom. The summed E-state index contributed by atoms with van der Waals surface area (Å²) < 4.78 is 10.6. The van der Waals surface area contributed by atoms with Crippen molar-refractivity contribution in [3.05, 3.63) is 47.8 Å². The number of hydrogen-bond donors (Lipinski definition) is 1. The van der Waals surface area contributed by atoms with Crippen molar-refractivity contribution in [2.45, 2.75) is 19.4 Å². The minimum atomic E-state index is -0.124. The second-order valence-corrected chi connectivity index (χ2v) is 6.00. The van der Waals surface area contributed by atoms with Gasteiger partial charge in [0.15, 0.2) is 11.5 Å². The van der Waals surface area contributed by atoms with Crippen LogP contribution in [0.4, 0.5) is 5.69 Å². The highest BCUT2D eigenvalue weighted by Crippen LogP contribution is 2.32. The zero-order chi connectivity index (χ0) is 16.4. The standard InChI is InChI=1S/C18H19N3O3/c22-18(14-8-15(11-19-10-14)21-5-1-2-6-21)20-9-13-3-4-16-17(7-13)24-12-23-16/h3-4,7-8,10-11H,1-2,5-6,9,12H2,(H,20,22). The number of amides is 1. The lowest BCUT2D eigenvalue weighted by Crippen LogP contribution is -2.24. The van der Waals surface area contributed by atoms with Crippen LogP contribution in [0, 0.1) is 0 Å². The van der Waals surface area contributed by atoms with Gasteiger partial charge in [0.25, 0.3) is 5.91 Å². The van der Waals surface area contributed by atoms with Crippen LogP contribution < -0.4 is 19.7 Å². The number of ether oxygens (including phenoxy) is 2. The first-order valence-corrected chi connectivity index (χ1v) is 8.16. The smallest absolute Gasteiger partial charge is 0.253 e. The Hall–Kier alpha value is -2.76. The zero-order valence-electron chi connectivity index (χ0n) is 13.3. The lowest BCUT2D eigenvalue weighted by atomic mass is 10.2. The molecule has 1 aromatic heterocycles. The largest absolute Gasteiger partial charge is 0.454 e. The van der Waals surface area contributed by atoms with Crippen LogP contribution in [0.2, 0.25) is 0 Å². The van der Waals surface area contributed by atoms with Crippen LogP contribution in [-0.2, 0) is 6.54 Å². The number of rotatable bonds is 4. The van der Waals surface area contributed by atoms with E-state index >= 15 is 0 Å². The van der Waals surface area contributed by atoms with Gasteiger partial charge >= 0.3 is 0 Å². The quantitative estimate of drug-likeness (QED) is 0.935. The molecule has 0 aliphatic carbocycles. The Labute approximate surface area is 140 Å². The number of carbonyl (C=O) groups excluding carboxylic acids is 1. The minimum absolute atomic E-state index is 0.124. The first-order valence-electron chi connectivity index (χ1n) is 8.16. The van der Waals surface area contributed by atoms with Crippen LogP contribution >= 0.6 is 0 Å². The number of benzene rings is 1. The molecular formula is C18H19N3O3. The molecule has 124 valence electrons. The molecule has 0 bridgehead atoms. The molecule has 2 aliphatic heterocycles. The summed E-state index contributed by atoms with van der Waals surface area (Å²) in [6.45, 7) is 2.75. The maximum Gasteiger partial charge on any atom is 0.253 e. The highest BCUT2D eigenvalue weighted by molar-refractivity contribution is 5.94. The average molecular weight is 325 g/mol. The van der Waals surface area contributed by atoms with Gasteiger partial charge in [-0.25, -0.2) is 0 Å². The predicted molar refractivity (Wildman–Crippen MR) is 89.4 cm³/mol. The van der Waals surface area contributed by atoms with E-state index < -0.39 is 0 Å². The van der Waals surface area contributed by atoms with E-state index in [0.717, 1.165) is 35.8 Å². The number of pyridine rings is 1. The second-order valence-electron chi connectivity index (χ2n) is 6.00. The Kier molecular flexibility index (Phi) is 3.94. The number of nitrogens with one attached hydrogen (secondary N) is 1. The number of anilines is 1. The SMILES string of the molecule is O=C(NCc1ccc2c(c1)OCO2)c1cncc(N2CCCC2)c1. The first-order chi connectivity index (χ1) is 11.8. The Morgan fingerprint density at radius 2 is 1.96 bits per heavy atom. The molecule has 0 atom stereocenters. The summed E-state index contributed by atoms with van der Waals surface area (Å²) in [4.78, 5) is 18.9. The van der Waals surface area contributed by atoms with Crippen molar-refractivity contribution in [1.82, 2.24) is 10.3 Å². The average Bonchev–Trinajstić information content (AvgIpc) is 3.30. The van der Waals surface area contributed by atoms with Crippen molar-refractivity contribution in [2.75, 3.05) is 24.8 Å². The van der Waals surface area contributed by atoms with Gasteiger partial charge in [0.2, 0.25) is 6.79 Å². The van der Waals surface area contributed by atoms with Crippen molar-refractivity contribution < 1.29 is 14.3 Å². The van der Waals surface area contributed by atoms with E-state index in [1.807, 2.05) is 30.5 Å². The first kappa shape index (κ1) is 14.8. The van der Waals surface area contributed by atoms with Crippen LogP contribution in [0.3, 0.4) is 0 Å². The van der Waals surface area contributed by atoms with Crippen LogP contribution in [0.25, 0.3) is 0 Å². The highest BCUT2D eigenvalue weighted by Gasteiger charge is 2.16. The van der Waals surface area contributed by atoms with Gasteiger partial charge in [0.05, 0.1) is 17.4 Å². The maximum absolute atomic E-state index is 12.4. The predicted octanol–water partition coefficient (Wildman–Crippen LogP) is 2.34. The molecule has 1 saturated heterocycles. The molecule has 2 aliphatic rings. The summed E-state index contributed by atoms with van der Waals surface area (Å²) in [5.74, 6) is 1.34. The Morgan fingerprint density at radius 1 is 1.12 bits per heavy atom. The molecule has 1 N–H and O–H groups in total. The topological polar surface area (TPSA) is 63.7 Å². The molecule has 0 radical (unpaired) electrons. The fourth-order valence-electron chi connectivity index (χ4n) is 3.04. The third kappa shape index (κ3) is 2.99. The molecule has 1 fully saturated rings. The maximum atomic E-state index is 12.4. The molecule has 0 spiro atoms. The third-order valence-electron chi connectivity index (χ3n) is 4.35. The van der Waals surface area contributed by atoms with Crippen molar-refractivity contribution in [3.63, 3.8) is 0 Å². The van der Waals surface area contributed by atoms with Crippen molar-refractivity contribution in [2.24, 2.45) is 0 Å². The van der Waals surface area contributed by atoms with Gasteiger partial charge in [-0.2, -0.15) is 0 Å².